The van der Waals surface area contributed by atoms with Crippen LogP contribution in [0.2, 0.25) is 0 Å². The average Bonchev–Trinajstić information content (AvgIpc) is 2.21. The van der Waals surface area contributed by atoms with Crippen LogP contribution in [0.25, 0.3) is 0 Å². The number of carbonyl (C=O) groups excluding carboxylic acids is 2. The van der Waals surface area contributed by atoms with Gasteiger partial charge in [0.1, 0.15) is 12.7 Å². The second-order valence-electron chi connectivity index (χ2n) is 2.51. The Labute approximate surface area is 112 Å². The Balaban J connectivity index is 4.16. The first-order valence-electron chi connectivity index (χ1n) is 3.94. The predicted octanol–water partition coefficient (Wildman–Crippen LogP) is 2.24. The van der Waals surface area contributed by atoms with Crippen LogP contribution in [-0.2, 0) is 19.1 Å². The second kappa shape index (κ2) is 7.22. The number of halogens is 4. The van der Waals surface area contributed by atoms with E-state index in [9.17, 15) is 9.59 Å². The van der Waals surface area contributed by atoms with Gasteiger partial charge in [0.25, 0.3) is 3.79 Å². The van der Waals surface area contributed by atoms with Crippen LogP contribution in [0.3, 0.4) is 0 Å². The normalized spacial score (nSPS) is 12.8. The standard InChI is InChI=1S/C8H8Cl4O4/c1-2-6(13)15-4-5(3-9)16-7(14)8(10,11)12/h2,5H,1,3-4H2. The van der Waals surface area contributed by atoms with E-state index in [-0.39, 0.29) is 12.5 Å². The van der Waals surface area contributed by atoms with Crippen LogP contribution in [0, 0.1) is 0 Å². The lowest BCUT2D eigenvalue weighted by molar-refractivity contribution is -0.154. The van der Waals surface area contributed by atoms with E-state index >= 15 is 0 Å². The van der Waals surface area contributed by atoms with Crippen molar-refractivity contribution in [2.24, 2.45) is 0 Å². The minimum absolute atomic E-state index is 0.100. The number of hydrogen-bond acceptors (Lipinski definition) is 4. The third-order valence-electron chi connectivity index (χ3n) is 1.26. The molecule has 0 aromatic rings. The number of hydrogen-bond donors (Lipinski definition) is 0. The molecule has 92 valence electrons. The summed E-state index contributed by atoms with van der Waals surface area (Å²) in [6, 6.07) is 0. The Morgan fingerprint density at radius 2 is 1.94 bits per heavy atom. The number of ether oxygens (including phenoxy) is 2. The first-order valence-corrected chi connectivity index (χ1v) is 5.61. The molecule has 0 saturated heterocycles. The minimum atomic E-state index is -2.19. The van der Waals surface area contributed by atoms with E-state index in [1.807, 2.05) is 0 Å². The van der Waals surface area contributed by atoms with Gasteiger partial charge in [0.2, 0.25) is 0 Å². The van der Waals surface area contributed by atoms with E-state index in [1.54, 1.807) is 0 Å². The van der Waals surface area contributed by atoms with Crippen molar-refractivity contribution in [1.82, 2.24) is 0 Å². The van der Waals surface area contributed by atoms with Gasteiger partial charge in [-0.15, -0.1) is 11.6 Å². The van der Waals surface area contributed by atoms with Crippen LogP contribution >= 0.6 is 46.4 Å². The molecular formula is C8H8Cl4O4. The lowest BCUT2D eigenvalue weighted by Crippen LogP contribution is -2.32. The first-order chi connectivity index (χ1) is 7.31. The molecule has 0 radical (unpaired) electrons. The van der Waals surface area contributed by atoms with Crippen molar-refractivity contribution in [2.75, 3.05) is 12.5 Å². The zero-order valence-corrected chi connectivity index (χ0v) is 10.9. The van der Waals surface area contributed by atoms with E-state index in [0.717, 1.165) is 6.08 Å². The summed E-state index contributed by atoms with van der Waals surface area (Å²) in [7, 11) is 0. The van der Waals surface area contributed by atoms with Gasteiger partial charge in [0, 0.05) is 6.08 Å². The smallest absolute Gasteiger partial charge is 0.358 e. The van der Waals surface area contributed by atoms with E-state index in [4.69, 9.17) is 46.4 Å². The van der Waals surface area contributed by atoms with Crippen LogP contribution in [0.4, 0.5) is 0 Å². The maximum absolute atomic E-state index is 11.1. The summed E-state index contributed by atoms with van der Waals surface area (Å²) in [5.74, 6) is -1.85. The summed E-state index contributed by atoms with van der Waals surface area (Å²) in [4.78, 5) is 21.8. The van der Waals surface area contributed by atoms with Gasteiger partial charge in [-0.1, -0.05) is 41.4 Å². The maximum Gasteiger partial charge on any atom is 0.358 e. The number of alkyl halides is 4. The van der Waals surface area contributed by atoms with E-state index in [2.05, 4.69) is 16.1 Å². The Morgan fingerprint density at radius 3 is 2.31 bits per heavy atom. The summed E-state index contributed by atoms with van der Waals surface area (Å²) < 4.78 is 7.10. The molecule has 0 aromatic heterocycles. The Bertz CT molecular complexity index is 274. The largest absolute Gasteiger partial charge is 0.459 e. The summed E-state index contributed by atoms with van der Waals surface area (Å²) >= 11 is 21.3. The van der Waals surface area contributed by atoms with Crippen molar-refractivity contribution in [3.8, 4) is 0 Å². The number of esters is 2. The summed E-state index contributed by atoms with van der Waals surface area (Å²) in [5, 5.41) is 0. The fourth-order valence-corrected chi connectivity index (χ4v) is 0.848. The molecule has 0 aromatic carbocycles. The highest BCUT2D eigenvalue weighted by Crippen LogP contribution is 2.28. The molecular weight excluding hydrogens is 302 g/mol. The molecule has 0 fully saturated rings. The molecule has 1 unspecified atom stereocenters. The maximum atomic E-state index is 11.1. The summed E-state index contributed by atoms with van der Waals surface area (Å²) in [6.07, 6.45) is 0.0795. The number of carbonyl (C=O) groups is 2. The molecule has 4 nitrogen and oxygen atoms in total. The average molecular weight is 310 g/mol. The van der Waals surface area contributed by atoms with Crippen molar-refractivity contribution in [3.63, 3.8) is 0 Å². The topological polar surface area (TPSA) is 52.6 Å². The van der Waals surface area contributed by atoms with E-state index in [1.165, 1.54) is 0 Å². The highest BCUT2D eigenvalue weighted by atomic mass is 35.6. The number of rotatable bonds is 5. The van der Waals surface area contributed by atoms with E-state index < -0.39 is 21.8 Å². The van der Waals surface area contributed by atoms with Gasteiger partial charge in [-0.3, -0.25) is 0 Å². The van der Waals surface area contributed by atoms with E-state index in [0.29, 0.717) is 0 Å². The molecule has 0 aliphatic carbocycles. The van der Waals surface area contributed by atoms with Gasteiger partial charge in [-0.2, -0.15) is 0 Å². The van der Waals surface area contributed by atoms with Gasteiger partial charge < -0.3 is 9.47 Å². The van der Waals surface area contributed by atoms with Crippen molar-refractivity contribution in [2.45, 2.75) is 9.90 Å². The van der Waals surface area contributed by atoms with Gasteiger partial charge in [-0.05, 0) is 0 Å². The summed E-state index contributed by atoms with van der Waals surface area (Å²) in [5.41, 5.74) is 0. The van der Waals surface area contributed by atoms with Crippen LogP contribution in [0.5, 0.6) is 0 Å². The quantitative estimate of drug-likeness (QED) is 0.444. The summed E-state index contributed by atoms with van der Waals surface area (Å²) in [6.45, 7) is 2.95. The molecule has 8 heteroatoms. The molecule has 0 rings (SSSR count). The third-order valence-corrected chi connectivity index (χ3v) is 2.06. The predicted molar refractivity (Wildman–Crippen MR) is 62.0 cm³/mol. The molecule has 0 aliphatic rings. The fraction of sp³-hybridized carbons (Fsp3) is 0.500. The lowest BCUT2D eigenvalue weighted by atomic mass is 10.4. The van der Waals surface area contributed by atoms with Crippen molar-refractivity contribution in [1.29, 1.82) is 0 Å². The molecule has 0 amide bonds. The Hall–Kier alpha value is -0.160. The van der Waals surface area contributed by atoms with Crippen molar-refractivity contribution >= 4 is 58.3 Å². The molecule has 0 heterocycles. The molecule has 16 heavy (non-hydrogen) atoms. The van der Waals surface area contributed by atoms with Gasteiger partial charge in [0.15, 0.2) is 0 Å². The van der Waals surface area contributed by atoms with Crippen LogP contribution in [0.15, 0.2) is 12.7 Å². The van der Waals surface area contributed by atoms with Crippen LogP contribution in [-0.4, -0.2) is 34.3 Å². The third kappa shape index (κ3) is 6.43. The molecule has 1 atom stereocenters. The monoisotopic (exact) mass is 308 g/mol. The Morgan fingerprint density at radius 1 is 1.38 bits per heavy atom. The molecule has 0 bridgehead atoms. The molecule has 0 aliphatic heterocycles. The second-order valence-corrected chi connectivity index (χ2v) is 5.10. The van der Waals surface area contributed by atoms with Gasteiger partial charge in [0.05, 0.1) is 5.88 Å². The van der Waals surface area contributed by atoms with Crippen molar-refractivity contribution in [3.05, 3.63) is 12.7 Å². The molecule has 0 spiro atoms. The highest BCUT2D eigenvalue weighted by molar-refractivity contribution is 6.75. The minimum Gasteiger partial charge on any atom is -0.459 e. The molecule has 0 N–H and O–H groups in total. The SMILES string of the molecule is C=CC(=O)OCC(CCl)OC(=O)C(Cl)(Cl)Cl. The zero-order chi connectivity index (χ0) is 12.8. The zero-order valence-electron chi connectivity index (χ0n) is 7.92. The van der Waals surface area contributed by atoms with Gasteiger partial charge >= 0.3 is 11.9 Å². The lowest BCUT2D eigenvalue weighted by Gasteiger charge is -2.17. The van der Waals surface area contributed by atoms with Crippen molar-refractivity contribution < 1.29 is 19.1 Å². The Kier molecular flexibility index (Phi) is 7.15. The first kappa shape index (κ1) is 15.8. The fourth-order valence-electron chi connectivity index (χ4n) is 0.562. The molecule has 0 saturated carbocycles. The highest BCUT2D eigenvalue weighted by Gasteiger charge is 2.34. The van der Waals surface area contributed by atoms with Gasteiger partial charge in [-0.25, -0.2) is 9.59 Å². The van der Waals surface area contributed by atoms with Crippen LogP contribution in [0.1, 0.15) is 0 Å². The van der Waals surface area contributed by atoms with Crippen LogP contribution < -0.4 is 0 Å².